The van der Waals surface area contributed by atoms with Crippen molar-refractivity contribution in [2.24, 2.45) is 0 Å². The van der Waals surface area contributed by atoms with E-state index in [1.807, 2.05) is 0 Å². The van der Waals surface area contributed by atoms with Gasteiger partial charge in [0.1, 0.15) is 17.6 Å². The molecule has 0 radical (unpaired) electrons. The molecular formula is C26H18Cl3FN2O4. The van der Waals surface area contributed by atoms with Crippen molar-refractivity contribution in [1.82, 2.24) is 10.3 Å². The number of rotatable bonds is 7. The molecular weight excluding hydrogens is 530 g/mol. The number of carboxylic acid groups (broad SMARTS) is 1. The second kappa shape index (κ2) is 10.7. The van der Waals surface area contributed by atoms with Gasteiger partial charge in [0.15, 0.2) is 0 Å². The highest BCUT2D eigenvalue weighted by atomic mass is 35.5. The second-order valence-electron chi connectivity index (χ2n) is 7.80. The highest BCUT2D eigenvalue weighted by Crippen LogP contribution is 2.41. The molecule has 0 saturated heterocycles. The van der Waals surface area contributed by atoms with Gasteiger partial charge in [-0.1, -0.05) is 59.1 Å². The van der Waals surface area contributed by atoms with Crippen LogP contribution in [0.25, 0.3) is 22.0 Å². The van der Waals surface area contributed by atoms with Gasteiger partial charge in [-0.2, -0.15) is 0 Å². The summed E-state index contributed by atoms with van der Waals surface area (Å²) in [4.78, 5) is 29.3. The maximum Gasteiger partial charge on any atom is 0.326 e. The summed E-state index contributed by atoms with van der Waals surface area (Å²) in [5.41, 5.74) is 2.14. The summed E-state index contributed by atoms with van der Waals surface area (Å²) in [5, 5.41) is 13.3. The quantitative estimate of drug-likeness (QED) is 0.278. The molecule has 36 heavy (non-hydrogen) atoms. The van der Waals surface area contributed by atoms with Gasteiger partial charge < -0.3 is 15.2 Å². The first-order chi connectivity index (χ1) is 17.2. The number of carboxylic acids is 1. The van der Waals surface area contributed by atoms with E-state index in [0.717, 1.165) is 0 Å². The van der Waals surface area contributed by atoms with E-state index in [4.69, 9.17) is 39.5 Å². The molecule has 0 bridgehead atoms. The van der Waals surface area contributed by atoms with E-state index >= 15 is 0 Å². The van der Waals surface area contributed by atoms with Crippen LogP contribution in [0.1, 0.15) is 15.9 Å². The van der Waals surface area contributed by atoms with E-state index in [9.17, 15) is 19.1 Å². The monoisotopic (exact) mass is 546 g/mol. The van der Waals surface area contributed by atoms with Crippen LogP contribution in [0, 0.1) is 5.82 Å². The third-order valence-corrected chi connectivity index (χ3v) is 6.51. The minimum atomic E-state index is -1.30. The summed E-state index contributed by atoms with van der Waals surface area (Å²) in [6.45, 7) is 0. The summed E-state index contributed by atoms with van der Waals surface area (Å²) in [7, 11) is 1.41. The average molecular weight is 548 g/mol. The third-order valence-electron chi connectivity index (χ3n) is 5.58. The van der Waals surface area contributed by atoms with Gasteiger partial charge in [0.2, 0.25) is 0 Å². The zero-order chi connectivity index (χ0) is 26.0. The Bertz CT molecular complexity index is 1480. The molecule has 4 rings (SSSR count). The van der Waals surface area contributed by atoms with Gasteiger partial charge in [-0.25, -0.2) is 9.18 Å². The van der Waals surface area contributed by atoms with Crippen LogP contribution < -0.4 is 10.1 Å². The van der Waals surface area contributed by atoms with Crippen molar-refractivity contribution in [3.63, 3.8) is 0 Å². The minimum Gasteiger partial charge on any atom is -0.496 e. The molecule has 4 aromatic rings. The summed E-state index contributed by atoms with van der Waals surface area (Å²) in [5.74, 6) is -2.26. The number of hydrogen-bond donors (Lipinski definition) is 2. The van der Waals surface area contributed by atoms with Gasteiger partial charge in [0, 0.05) is 29.6 Å². The number of pyridine rings is 1. The molecule has 0 aliphatic rings. The Morgan fingerprint density at radius 1 is 1.06 bits per heavy atom. The number of carbonyl (C=O) groups is 2. The molecule has 6 nitrogen and oxygen atoms in total. The van der Waals surface area contributed by atoms with E-state index in [-0.39, 0.29) is 32.8 Å². The summed E-state index contributed by atoms with van der Waals surface area (Å²) < 4.78 is 19.3. The van der Waals surface area contributed by atoms with Crippen molar-refractivity contribution in [1.29, 1.82) is 0 Å². The zero-order valence-electron chi connectivity index (χ0n) is 18.7. The van der Waals surface area contributed by atoms with Crippen LogP contribution in [0.4, 0.5) is 4.39 Å². The van der Waals surface area contributed by atoms with E-state index in [0.29, 0.717) is 27.6 Å². The molecule has 3 aromatic carbocycles. The van der Waals surface area contributed by atoms with Gasteiger partial charge in [-0.05, 0) is 35.4 Å². The standard InChI is InChI=1S/C26H18Cl3FN2O4/c1-36-21-12-14(30)11-19(29)22(21)15-8-7-13(24-16(15)4-3-9-31-24)10-20(26(34)35)32-25(33)23-17(27)5-2-6-18(23)28/h2-9,11-12,20H,10H2,1H3,(H,32,33)(H,34,35)/t20-/m0/s1. The summed E-state index contributed by atoms with van der Waals surface area (Å²) in [6, 6.07) is 12.6. The van der Waals surface area contributed by atoms with Gasteiger partial charge in [0.25, 0.3) is 5.91 Å². The van der Waals surface area contributed by atoms with Gasteiger partial charge in [-0.3, -0.25) is 9.78 Å². The van der Waals surface area contributed by atoms with Crippen molar-refractivity contribution in [3.8, 4) is 16.9 Å². The molecule has 2 N–H and O–H groups in total. The highest BCUT2D eigenvalue weighted by molar-refractivity contribution is 6.39. The van der Waals surface area contributed by atoms with Crippen LogP contribution >= 0.6 is 34.8 Å². The van der Waals surface area contributed by atoms with E-state index < -0.39 is 23.7 Å². The maximum absolute atomic E-state index is 13.9. The fraction of sp³-hybridized carbons (Fsp3) is 0.115. The van der Waals surface area contributed by atoms with Gasteiger partial charge >= 0.3 is 5.97 Å². The number of aliphatic carboxylic acids is 1. The SMILES string of the molecule is COc1cc(F)cc(Cl)c1-c1ccc(C[C@H](NC(=O)c2c(Cl)cccc2Cl)C(=O)O)c2ncccc12. The van der Waals surface area contributed by atoms with Crippen LogP contribution in [0.15, 0.2) is 60.8 Å². The minimum absolute atomic E-state index is 0.0107. The Morgan fingerprint density at radius 3 is 2.44 bits per heavy atom. The van der Waals surface area contributed by atoms with Crippen LogP contribution in [-0.2, 0) is 11.2 Å². The predicted molar refractivity (Wildman–Crippen MR) is 138 cm³/mol. The number of fused-ring (bicyclic) bond motifs is 1. The maximum atomic E-state index is 13.9. The Hall–Kier alpha value is -3.39. The van der Waals surface area contributed by atoms with E-state index in [1.54, 1.807) is 36.5 Å². The van der Waals surface area contributed by atoms with Crippen molar-refractivity contribution >= 4 is 57.6 Å². The number of nitrogens with one attached hydrogen (secondary N) is 1. The number of hydrogen-bond acceptors (Lipinski definition) is 4. The molecule has 1 aromatic heterocycles. The van der Waals surface area contributed by atoms with Crippen molar-refractivity contribution < 1.29 is 23.8 Å². The van der Waals surface area contributed by atoms with E-state index in [1.165, 1.54) is 31.4 Å². The molecule has 0 saturated carbocycles. The Labute approximate surface area is 220 Å². The molecule has 0 spiro atoms. The lowest BCUT2D eigenvalue weighted by Gasteiger charge is -2.18. The highest BCUT2D eigenvalue weighted by Gasteiger charge is 2.25. The molecule has 1 amide bonds. The Morgan fingerprint density at radius 2 is 1.78 bits per heavy atom. The lowest BCUT2D eigenvalue weighted by Crippen LogP contribution is -2.42. The topological polar surface area (TPSA) is 88.5 Å². The largest absolute Gasteiger partial charge is 0.496 e. The summed E-state index contributed by atoms with van der Waals surface area (Å²) in [6.07, 6.45) is 1.49. The predicted octanol–water partition coefficient (Wildman–Crippen LogP) is 6.44. The van der Waals surface area contributed by atoms with Crippen molar-refractivity contribution in [2.45, 2.75) is 12.5 Å². The van der Waals surface area contributed by atoms with Crippen molar-refractivity contribution in [2.75, 3.05) is 7.11 Å². The second-order valence-corrected chi connectivity index (χ2v) is 9.02. The molecule has 184 valence electrons. The Balaban J connectivity index is 1.74. The number of methoxy groups -OCH3 is 1. The average Bonchev–Trinajstić information content (AvgIpc) is 2.83. The first kappa shape index (κ1) is 25.7. The number of carbonyl (C=O) groups excluding carboxylic acids is 1. The summed E-state index contributed by atoms with van der Waals surface area (Å²) >= 11 is 18.6. The first-order valence-corrected chi connectivity index (χ1v) is 11.7. The molecule has 10 heteroatoms. The molecule has 0 unspecified atom stereocenters. The van der Waals surface area contributed by atoms with Crippen LogP contribution in [-0.4, -0.2) is 35.1 Å². The van der Waals surface area contributed by atoms with Crippen molar-refractivity contribution in [3.05, 3.63) is 92.8 Å². The fourth-order valence-corrected chi connectivity index (χ4v) is 4.82. The van der Waals surface area contributed by atoms with E-state index in [2.05, 4.69) is 10.3 Å². The normalized spacial score (nSPS) is 11.8. The lowest BCUT2D eigenvalue weighted by atomic mass is 9.94. The first-order valence-electron chi connectivity index (χ1n) is 10.6. The Kier molecular flexibility index (Phi) is 7.64. The number of benzene rings is 3. The molecule has 0 fully saturated rings. The number of nitrogens with zero attached hydrogens (tertiary/aromatic N) is 1. The lowest BCUT2D eigenvalue weighted by molar-refractivity contribution is -0.139. The number of ether oxygens (including phenoxy) is 1. The number of aromatic nitrogens is 1. The van der Waals surface area contributed by atoms with Crippen LogP contribution in [0.3, 0.4) is 0 Å². The van der Waals surface area contributed by atoms with Crippen LogP contribution in [0.2, 0.25) is 15.1 Å². The van der Waals surface area contributed by atoms with Crippen LogP contribution in [0.5, 0.6) is 5.75 Å². The van der Waals surface area contributed by atoms with Gasteiger partial charge in [0.05, 0.1) is 33.3 Å². The molecule has 0 aliphatic carbocycles. The smallest absolute Gasteiger partial charge is 0.326 e. The third kappa shape index (κ3) is 5.09. The molecule has 1 atom stereocenters. The van der Waals surface area contributed by atoms with Gasteiger partial charge in [-0.15, -0.1) is 0 Å². The fourth-order valence-electron chi connectivity index (χ4n) is 3.95. The number of halogens is 4. The molecule has 0 aliphatic heterocycles. The molecule has 1 heterocycles. The zero-order valence-corrected chi connectivity index (χ0v) is 21.0. The number of amides is 1.